The first-order valence-electron chi connectivity index (χ1n) is 4.91. The maximum absolute atomic E-state index is 9.67. The minimum absolute atomic E-state index is 0.304. The highest BCUT2D eigenvalue weighted by Crippen LogP contribution is 2.08. The second-order valence-corrected chi connectivity index (χ2v) is 3.67. The van der Waals surface area contributed by atoms with E-state index in [1.165, 1.54) is 0 Å². The van der Waals surface area contributed by atoms with Crippen LogP contribution in [0.4, 0.5) is 0 Å². The Hall–Kier alpha value is -1.15. The molecule has 0 aliphatic rings. The highest BCUT2D eigenvalue weighted by molar-refractivity contribution is 5.04. The Labute approximate surface area is 85.3 Å². The van der Waals surface area contributed by atoms with Crippen LogP contribution in [0.25, 0.3) is 0 Å². The van der Waals surface area contributed by atoms with E-state index in [0.717, 1.165) is 24.1 Å². The Morgan fingerprint density at radius 3 is 2.93 bits per heavy atom. The molecule has 0 aliphatic carbocycles. The van der Waals surface area contributed by atoms with Crippen LogP contribution in [0.5, 0.6) is 0 Å². The van der Waals surface area contributed by atoms with Gasteiger partial charge in [-0.15, -0.1) is 6.58 Å². The van der Waals surface area contributed by atoms with Gasteiger partial charge >= 0.3 is 0 Å². The summed E-state index contributed by atoms with van der Waals surface area (Å²) in [6.07, 6.45) is 3.73. The molecule has 2 nitrogen and oxygen atoms in total. The van der Waals surface area contributed by atoms with Crippen LogP contribution in [-0.4, -0.2) is 16.2 Å². The van der Waals surface area contributed by atoms with Gasteiger partial charge in [-0.25, -0.2) is 0 Å². The number of nitrogens with zero attached hydrogens (tertiary/aromatic N) is 1. The summed E-state index contributed by atoms with van der Waals surface area (Å²) in [6, 6.07) is 5.75. The van der Waals surface area contributed by atoms with Crippen molar-refractivity contribution >= 4 is 0 Å². The first-order valence-corrected chi connectivity index (χ1v) is 4.91. The molecule has 0 aromatic carbocycles. The summed E-state index contributed by atoms with van der Waals surface area (Å²) in [5.74, 6) is 0. The fourth-order valence-corrected chi connectivity index (χ4v) is 1.28. The van der Waals surface area contributed by atoms with E-state index in [1.807, 2.05) is 25.1 Å². The molecule has 76 valence electrons. The van der Waals surface area contributed by atoms with E-state index in [1.54, 1.807) is 6.20 Å². The normalized spacial score (nSPS) is 12.4. The van der Waals surface area contributed by atoms with Gasteiger partial charge in [-0.2, -0.15) is 0 Å². The predicted molar refractivity (Wildman–Crippen MR) is 58.0 cm³/mol. The van der Waals surface area contributed by atoms with Gasteiger partial charge in [0.1, 0.15) is 0 Å². The summed E-state index contributed by atoms with van der Waals surface area (Å²) in [7, 11) is 0. The molecule has 0 bridgehead atoms. The standard InChI is InChI=1S/C12H17NO/c1-10(2)6-7-12(14)9-11-5-3-4-8-13-11/h3-5,8,12,14H,1,6-7,9H2,2H3. The van der Waals surface area contributed by atoms with Crippen LogP contribution < -0.4 is 0 Å². The van der Waals surface area contributed by atoms with Crippen molar-refractivity contribution in [1.29, 1.82) is 0 Å². The minimum Gasteiger partial charge on any atom is -0.393 e. The number of pyridine rings is 1. The molecule has 1 heterocycles. The average Bonchev–Trinajstić information content (AvgIpc) is 2.16. The van der Waals surface area contributed by atoms with Crippen molar-refractivity contribution < 1.29 is 5.11 Å². The van der Waals surface area contributed by atoms with Gasteiger partial charge in [-0.3, -0.25) is 4.98 Å². The van der Waals surface area contributed by atoms with E-state index in [0.29, 0.717) is 6.42 Å². The van der Waals surface area contributed by atoms with E-state index >= 15 is 0 Å². The Morgan fingerprint density at radius 1 is 1.57 bits per heavy atom. The van der Waals surface area contributed by atoms with E-state index in [2.05, 4.69) is 11.6 Å². The monoisotopic (exact) mass is 191 g/mol. The van der Waals surface area contributed by atoms with E-state index < -0.39 is 0 Å². The van der Waals surface area contributed by atoms with Crippen molar-refractivity contribution in [1.82, 2.24) is 4.98 Å². The molecule has 0 fully saturated rings. The molecule has 0 spiro atoms. The molecule has 2 heteroatoms. The number of hydrogen-bond acceptors (Lipinski definition) is 2. The zero-order valence-electron chi connectivity index (χ0n) is 8.61. The lowest BCUT2D eigenvalue weighted by Crippen LogP contribution is -2.11. The summed E-state index contributed by atoms with van der Waals surface area (Å²) in [6.45, 7) is 5.79. The summed E-state index contributed by atoms with van der Waals surface area (Å²) in [4.78, 5) is 4.16. The molecule has 0 saturated carbocycles. The van der Waals surface area contributed by atoms with Gasteiger partial charge in [0, 0.05) is 18.3 Å². The van der Waals surface area contributed by atoms with Crippen LogP contribution >= 0.6 is 0 Å². The SMILES string of the molecule is C=C(C)CCC(O)Cc1ccccn1. The molecule has 1 aromatic heterocycles. The highest BCUT2D eigenvalue weighted by Gasteiger charge is 2.05. The number of rotatable bonds is 5. The first kappa shape index (κ1) is 10.9. The Kier molecular flexibility index (Phi) is 4.33. The molecule has 1 unspecified atom stereocenters. The van der Waals surface area contributed by atoms with Crippen LogP contribution in [0.1, 0.15) is 25.5 Å². The maximum Gasteiger partial charge on any atom is 0.0598 e. The molecule has 14 heavy (non-hydrogen) atoms. The fraction of sp³-hybridized carbons (Fsp3) is 0.417. The van der Waals surface area contributed by atoms with Crippen LogP contribution in [0.15, 0.2) is 36.5 Å². The van der Waals surface area contributed by atoms with Gasteiger partial charge in [0.05, 0.1) is 6.10 Å². The van der Waals surface area contributed by atoms with Crippen LogP contribution in [-0.2, 0) is 6.42 Å². The summed E-state index contributed by atoms with van der Waals surface area (Å²) < 4.78 is 0. The molecular weight excluding hydrogens is 174 g/mol. The quantitative estimate of drug-likeness (QED) is 0.725. The van der Waals surface area contributed by atoms with Crippen molar-refractivity contribution in [2.75, 3.05) is 0 Å². The number of aliphatic hydroxyl groups excluding tert-OH is 1. The molecule has 1 N–H and O–H groups in total. The van der Waals surface area contributed by atoms with Gasteiger partial charge in [-0.1, -0.05) is 11.6 Å². The van der Waals surface area contributed by atoms with Crippen molar-refractivity contribution in [2.45, 2.75) is 32.3 Å². The molecule has 0 saturated heterocycles. The third-order valence-corrected chi connectivity index (χ3v) is 2.08. The topological polar surface area (TPSA) is 33.1 Å². The average molecular weight is 191 g/mol. The highest BCUT2D eigenvalue weighted by atomic mass is 16.3. The van der Waals surface area contributed by atoms with Gasteiger partial charge in [0.25, 0.3) is 0 Å². The van der Waals surface area contributed by atoms with Gasteiger partial charge in [-0.05, 0) is 31.9 Å². The largest absolute Gasteiger partial charge is 0.393 e. The lowest BCUT2D eigenvalue weighted by atomic mass is 10.1. The molecule has 0 amide bonds. The Balaban J connectivity index is 2.34. The smallest absolute Gasteiger partial charge is 0.0598 e. The molecule has 0 radical (unpaired) electrons. The van der Waals surface area contributed by atoms with E-state index in [-0.39, 0.29) is 6.10 Å². The Bertz CT molecular complexity index is 282. The zero-order chi connectivity index (χ0) is 10.4. The molecule has 0 aliphatic heterocycles. The minimum atomic E-state index is -0.304. The van der Waals surface area contributed by atoms with Gasteiger partial charge < -0.3 is 5.11 Å². The molecule has 1 atom stereocenters. The number of aliphatic hydroxyl groups is 1. The second-order valence-electron chi connectivity index (χ2n) is 3.67. The van der Waals surface area contributed by atoms with E-state index in [9.17, 15) is 5.11 Å². The van der Waals surface area contributed by atoms with Gasteiger partial charge in [0.2, 0.25) is 0 Å². The second kappa shape index (κ2) is 5.55. The van der Waals surface area contributed by atoms with Crippen LogP contribution in [0, 0.1) is 0 Å². The van der Waals surface area contributed by atoms with E-state index in [4.69, 9.17) is 0 Å². The van der Waals surface area contributed by atoms with Crippen LogP contribution in [0.3, 0.4) is 0 Å². The molecule has 1 aromatic rings. The maximum atomic E-state index is 9.67. The van der Waals surface area contributed by atoms with Crippen molar-refractivity contribution in [2.24, 2.45) is 0 Å². The van der Waals surface area contributed by atoms with Gasteiger partial charge in [0.15, 0.2) is 0 Å². The molecular formula is C12H17NO. The number of aromatic nitrogens is 1. The Morgan fingerprint density at radius 2 is 2.36 bits per heavy atom. The van der Waals surface area contributed by atoms with Crippen molar-refractivity contribution in [3.05, 3.63) is 42.2 Å². The van der Waals surface area contributed by atoms with Crippen molar-refractivity contribution in [3.8, 4) is 0 Å². The fourth-order valence-electron chi connectivity index (χ4n) is 1.28. The lowest BCUT2D eigenvalue weighted by Gasteiger charge is -2.09. The summed E-state index contributed by atoms with van der Waals surface area (Å²) >= 11 is 0. The predicted octanol–water partition coefficient (Wildman–Crippen LogP) is 2.34. The summed E-state index contributed by atoms with van der Waals surface area (Å²) in [5, 5.41) is 9.67. The van der Waals surface area contributed by atoms with Crippen LogP contribution in [0.2, 0.25) is 0 Å². The first-order chi connectivity index (χ1) is 6.68. The third kappa shape index (κ3) is 4.19. The number of allylic oxidation sites excluding steroid dienone is 1. The summed E-state index contributed by atoms with van der Waals surface area (Å²) in [5.41, 5.74) is 2.06. The number of hydrogen-bond donors (Lipinski definition) is 1. The lowest BCUT2D eigenvalue weighted by molar-refractivity contribution is 0.164. The molecule has 1 rings (SSSR count). The van der Waals surface area contributed by atoms with Crippen molar-refractivity contribution in [3.63, 3.8) is 0 Å². The zero-order valence-corrected chi connectivity index (χ0v) is 8.61. The third-order valence-electron chi connectivity index (χ3n) is 2.08.